The molecular weight excluding hydrogens is 550 g/mol. The van der Waals surface area contributed by atoms with Crippen LogP contribution in [-0.2, 0) is 13.0 Å². The van der Waals surface area contributed by atoms with E-state index in [0.717, 1.165) is 49.7 Å². The van der Waals surface area contributed by atoms with Crippen LogP contribution < -0.4 is 0 Å². The zero-order valence-electron chi connectivity index (χ0n) is 23.7. The number of hydrogen-bond acceptors (Lipinski definition) is 3. The quantitative estimate of drug-likeness (QED) is 0.363. The molecule has 3 aromatic carbocycles. The lowest BCUT2D eigenvalue weighted by Crippen LogP contribution is -2.49. The molecule has 0 saturated carbocycles. The van der Waals surface area contributed by atoms with Crippen molar-refractivity contribution in [2.75, 3.05) is 26.2 Å². The number of nitrogens with zero attached hydrogens (tertiary/aromatic N) is 3. The summed E-state index contributed by atoms with van der Waals surface area (Å²) < 4.78 is 0. The molecule has 2 fully saturated rings. The lowest BCUT2D eigenvalue weighted by molar-refractivity contribution is 0.0319. The SMILES string of the molecule is O=C(O)N1CCC2(CC1)CCN(C(=O)c1ccc3c(c1)C(N(Cc1ccccc1)C(=O)c1ccccc1Cl)CC3)CC2. The van der Waals surface area contributed by atoms with E-state index >= 15 is 0 Å². The Kier molecular flexibility index (Phi) is 7.95. The van der Waals surface area contributed by atoms with Crippen LogP contribution in [0.4, 0.5) is 4.79 Å². The third kappa shape index (κ3) is 5.62. The number of carbonyl (C=O) groups is 3. The molecule has 6 rings (SSSR count). The van der Waals surface area contributed by atoms with E-state index in [1.165, 1.54) is 10.5 Å². The summed E-state index contributed by atoms with van der Waals surface area (Å²) in [7, 11) is 0. The van der Waals surface area contributed by atoms with Crippen molar-refractivity contribution in [1.29, 1.82) is 0 Å². The predicted molar refractivity (Wildman–Crippen MR) is 162 cm³/mol. The first-order chi connectivity index (χ1) is 20.3. The second kappa shape index (κ2) is 11.8. The van der Waals surface area contributed by atoms with E-state index in [2.05, 4.69) is 6.07 Å². The Morgan fingerprint density at radius 3 is 2.17 bits per heavy atom. The number of benzene rings is 3. The highest BCUT2D eigenvalue weighted by atomic mass is 35.5. The maximum Gasteiger partial charge on any atom is 0.407 e. The van der Waals surface area contributed by atoms with Gasteiger partial charge in [0.1, 0.15) is 0 Å². The van der Waals surface area contributed by atoms with Crippen molar-refractivity contribution in [3.63, 3.8) is 0 Å². The minimum atomic E-state index is -0.844. The minimum absolute atomic E-state index is 0.0216. The van der Waals surface area contributed by atoms with Crippen LogP contribution in [0.25, 0.3) is 0 Å². The van der Waals surface area contributed by atoms with Gasteiger partial charge in [-0.25, -0.2) is 4.79 Å². The normalized spacial score (nSPS) is 19.4. The van der Waals surface area contributed by atoms with E-state index in [-0.39, 0.29) is 23.3 Å². The highest BCUT2D eigenvalue weighted by Crippen LogP contribution is 2.42. The summed E-state index contributed by atoms with van der Waals surface area (Å²) in [5, 5.41) is 9.74. The summed E-state index contributed by atoms with van der Waals surface area (Å²) in [6.45, 7) is 2.94. The first kappa shape index (κ1) is 28.3. The number of aryl methyl sites for hydroxylation is 1. The predicted octanol–water partition coefficient (Wildman–Crippen LogP) is 6.67. The van der Waals surface area contributed by atoms with Gasteiger partial charge in [-0.3, -0.25) is 9.59 Å². The van der Waals surface area contributed by atoms with Crippen molar-refractivity contribution in [1.82, 2.24) is 14.7 Å². The van der Waals surface area contributed by atoms with Crippen molar-refractivity contribution in [2.45, 2.75) is 51.1 Å². The first-order valence-corrected chi connectivity index (χ1v) is 15.2. The molecule has 1 unspecified atom stereocenters. The molecule has 42 heavy (non-hydrogen) atoms. The Morgan fingerprint density at radius 1 is 0.857 bits per heavy atom. The van der Waals surface area contributed by atoms with Crippen LogP contribution in [0.3, 0.4) is 0 Å². The molecule has 3 amide bonds. The first-order valence-electron chi connectivity index (χ1n) is 14.8. The number of likely N-dealkylation sites (tertiary alicyclic amines) is 2. The Labute approximate surface area is 251 Å². The van der Waals surface area contributed by atoms with E-state index < -0.39 is 6.09 Å². The highest BCUT2D eigenvalue weighted by Gasteiger charge is 2.40. The molecule has 1 N–H and O–H groups in total. The fourth-order valence-corrected chi connectivity index (χ4v) is 7.19. The summed E-state index contributed by atoms with van der Waals surface area (Å²) in [5.41, 5.74) is 4.50. The van der Waals surface area contributed by atoms with Crippen LogP contribution in [0.2, 0.25) is 5.02 Å². The van der Waals surface area contributed by atoms with E-state index in [9.17, 15) is 19.5 Å². The maximum atomic E-state index is 14.0. The molecule has 0 radical (unpaired) electrons. The lowest BCUT2D eigenvalue weighted by Gasteiger charge is -2.46. The van der Waals surface area contributed by atoms with Crippen LogP contribution in [-0.4, -0.2) is 63.9 Å². The summed E-state index contributed by atoms with van der Waals surface area (Å²) in [6, 6.07) is 23.0. The van der Waals surface area contributed by atoms with Gasteiger partial charge in [-0.2, -0.15) is 0 Å². The molecule has 1 aliphatic carbocycles. The maximum absolute atomic E-state index is 14.0. The molecule has 3 aromatic rings. The van der Waals surface area contributed by atoms with Crippen molar-refractivity contribution in [3.05, 3.63) is 106 Å². The van der Waals surface area contributed by atoms with Crippen LogP contribution in [0, 0.1) is 5.41 Å². The molecule has 2 saturated heterocycles. The molecule has 2 aliphatic heterocycles. The number of fused-ring (bicyclic) bond motifs is 1. The number of halogens is 1. The number of piperidine rings is 2. The van der Waals surface area contributed by atoms with E-state index in [1.54, 1.807) is 12.1 Å². The third-order valence-corrected chi connectivity index (χ3v) is 9.91. The van der Waals surface area contributed by atoms with Gasteiger partial charge in [0.15, 0.2) is 0 Å². The van der Waals surface area contributed by atoms with Crippen LogP contribution >= 0.6 is 11.6 Å². The van der Waals surface area contributed by atoms with Gasteiger partial charge in [0.25, 0.3) is 11.8 Å². The second-order valence-electron chi connectivity index (χ2n) is 11.9. The third-order valence-electron chi connectivity index (χ3n) is 9.58. The summed E-state index contributed by atoms with van der Waals surface area (Å²) >= 11 is 6.47. The number of carboxylic acid groups (broad SMARTS) is 1. The van der Waals surface area contributed by atoms with Gasteiger partial charge in [-0.1, -0.05) is 60.1 Å². The van der Waals surface area contributed by atoms with Crippen molar-refractivity contribution in [3.8, 4) is 0 Å². The molecule has 8 heteroatoms. The van der Waals surface area contributed by atoms with Crippen molar-refractivity contribution in [2.24, 2.45) is 5.41 Å². The van der Waals surface area contributed by atoms with Gasteiger partial charge in [-0.05, 0) is 84.9 Å². The van der Waals surface area contributed by atoms with Gasteiger partial charge >= 0.3 is 6.09 Å². The van der Waals surface area contributed by atoms with Crippen LogP contribution in [0.15, 0.2) is 72.8 Å². The fraction of sp³-hybridized carbons (Fsp3) is 0.382. The minimum Gasteiger partial charge on any atom is -0.465 e. The fourth-order valence-electron chi connectivity index (χ4n) is 6.97. The molecule has 2 heterocycles. The average Bonchev–Trinajstić information content (AvgIpc) is 3.44. The van der Waals surface area contributed by atoms with Gasteiger partial charge in [0.2, 0.25) is 0 Å². The van der Waals surface area contributed by atoms with Gasteiger partial charge in [0, 0.05) is 38.3 Å². The van der Waals surface area contributed by atoms with E-state index in [0.29, 0.717) is 48.9 Å². The topological polar surface area (TPSA) is 81.2 Å². The van der Waals surface area contributed by atoms with Gasteiger partial charge < -0.3 is 19.8 Å². The number of amides is 3. The molecular formula is C34H36ClN3O4. The monoisotopic (exact) mass is 585 g/mol. The molecule has 218 valence electrons. The zero-order valence-corrected chi connectivity index (χ0v) is 24.4. The molecule has 7 nitrogen and oxygen atoms in total. The number of rotatable bonds is 5. The molecule has 3 aliphatic rings. The van der Waals surface area contributed by atoms with Crippen LogP contribution in [0.5, 0.6) is 0 Å². The van der Waals surface area contributed by atoms with Crippen LogP contribution in [0.1, 0.15) is 75.6 Å². The molecule has 0 aromatic heterocycles. The standard InChI is InChI=1S/C34H36ClN3O4/c35-29-9-5-4-8-27(29)32(40)38(23-24-6-2-1-3-7-24)30-13-12-25-10-11-26(22-28(25)30)31(39)36-18-14-34(15-19-36)16-20-37(21-17-34)33(41)42/h1-11,22,30H,12-21,23H2,(H,41,42). The molecule has 1 spiro atoms. The largest absolute Gasteiger partial charge is 0.465 e. The molecule has 0 bridgehead atoms. The van der Waals surface area contributed by atoms with Gasteiger partial charge in [-0.15, -0.1) is 0 Å². The second-order valence-corrected chi connectivity index (χ2v) is 12.3. The zero-order chi connectivity index (χ0) is 29.3. The Balaban J connectivity index is 1.21. The smallest absolute Gasteiger partial charge is 0.407 e. The Morgan fingerprint density at radius 2 is 1.50 bits per heavy atom. The summed E-state index contributed by atoms with van der Waals surface area (Å²) in [6.07, 6.45) is 4.30. The lowest BCUT2D eigenvalue weighted by atomic mass is 9.71. The van der Waals surface area contributed by atoms with Gasteiger partial charge in [0.05, 0.1) is 16.6 Å². The van der Waals surface area contributed by atoms with E-state index in [1.807, 2.05) is 64.4 Å². The van der Waals surface area contributed by atoms with E-state index in [4.69, 9.17) is 11.6 Å². The van der Waals surface area contributed by atoms with Crippen molar-refractivity contribution < 1.29 is 19.5 Å². The average molecular weight is 586 g/mol. The Hall–Kier alpha value is -3.84. The summed E-state index contributed by atoms with van der Waals surface area (Å²) in [5.74, 6) is -0.0948. The summed E-state index contributed by atoms with van der Waals surface area (Å²) in [4.78, 5) is 44.4. The number of carbonyl (C=O) groups excluding carboxylic acids is 2. The van der Waals surface area contributed by atoms with Crippen molar-refractivity contribution >= 4 is 29.5 Å². The highest BCUT2D eigenvalue weighted by molar-refractivity contribution is 6.33. The number of hydrogen-bond donors (Lipinski definition) is 1. The molecule has 1 atom stereocenters. The Bertz CT molecular complexity index is 1480.